The minimum atomic E-state index is 0. The van der Waals surface area contributed by atoms with Crippen molar-refractivity contribution in [1.29, 1.82) is 0 Å². The van der Waals surface area contributed by atoms with Gasteiger partial charge in [-0.05, 0) is 0 Å². The third-order valence-electron chi connectivity index (χ3n) is 2.11. The van der Waals surface area contributed by atoms with Crippen molar-refractivity contribution >= 4 is 0 Å². The Labute approximate surface area is 149 Å². The van der Waals surface area contributed by atoms with Crippen LogP contribution in [0, 0.1) is 0 Å². The molecule has 2 aromatic carbocycles. The van der Waals surface area contributed by atoms with Crippen molar-refractivity contribution in [3.63, 3.8) is 0 Å². The Morgan fingerprint density at radius 3 is 1.00 bits per heavy atom. The summed E-state index contributed by atoms with van der Waals surface area (Å²) in [5.41, 5.74) is 0. The average molecular weight is 368 g/mol. The second-order valence-electron chi connectivity index (χ2n) is 4.04. The summed E-state index contributed by atoms with van der Waals surface area (Å²) in [5.74, 6) is 0. The van der Waals surface area contributed by atoms with Crippen molar-refractivity contribution in [2.24, 2.45) is 0 Å². The van der Waals surface area contributed by atoms with Crippen molar-refractivity contribution in [3.8, 4) is 0 Å². The number of unbranched alkanes of at least 4 members (excludes halogenated alkanes) is 2. The van der Waals surface area contributed by atoms with Gasteiger partial charge in [0.1, 0.15) is 0 Å². The molecule has 0 saturated heterocycles. The van der Waals surface area contributed by atoms with E-state index in [4.69, 9.17) is 0 Å². The van der Waals surface area contributed by atoms with Crippen LogP contribution in [-0.4, -0.2) is 13.2 Å². The maximum atomic E-state index is 9.53. The molecule has 0 radical (unpaired) electrons. The van der Waals surface area contributed by atoms with Crippen molar-refractivity contribution < 1.29 is 36.4 Å². The molecule has 2 rings (SSSR count). The van der Waals surface area contributed by atoms with Crippen LogP contribution >= 0.6 is 0 Å². The molecular formula is C18H28O2Zr. The Morgan fingerprint density at radius 1 is 0.667 bits per heavy atom. The molecule has 0 fully saturated rings. The number of rotatable bonds is 4. The summed E-state index contributed by atoms with van der Waals surface area (Å²) in [6.07, 6.45) is 3.73. The van der Waals surface area contributed by atoms with Gasteiger partial charge in [-0.3, -0.25) is 0 Å². The third kappa shape index (κ3) is 32.8. The fourth-order valence-electron chi connectivity index (χ4n) is 0.930. The quantitative estimate of drug-likeness (QED) is 0.780. The van der Waals surface area contributed by atoms with Gasteiger partial charge in [0.15, 0.2) is 0 Å². The molecule has 0 aromatic heterocycles. The van der Waals surface area contributed by atoms with Crippen LogP contribution in [0.2, 0.25) is 0 Å². The van der Waals surface area contributed by atoms with E-state index in [1.54, 1.807) is 0 Å². The first kappa shape index (κ1) is 25.5. The molecule has 0 spiro atoms. The normalized spacial score (nSPS) is 7.81. The minimum Gasteiger partial charge on any atom is -0.854 e. The van der Waals surface area contributed by atoms with E-state index in [1.807, 2.05) is 74.5 Å². The first-order valence-corrected chi connectivity index (χ1v) is 7.32. The zero-order valence-electron chi connectivity index (χ0n) is 13.3. The van der Waals surface area contributed by atoms with Crippen LogP contribution in [0.5, 0.6) is 0 Å². The Bertz CT molecular complexity index is 220. The Morgan fingerprint density at radius 2 is 0.952 bits per heavy atom. The minimum absolute atomic E-state index is 0. The molecule has 0 N–H and O–H groups in total. The van der Waals surface area contributed by atoms with Crippen molar-refractivity contribution in [2.75, 3.05) is 13.2 Å². The fourth-order valence-corrected chi connectivity index (χ4v) is 0.930. The van der Waals surface area contributed by atoms with Crippen LogP contribution in [0.1, 0.15) is 39.5 Å². The molecular weight excluding hydrogens is 339 g/mol. The number of hydrogen-bond donors (Lipinski definition) is 0. The van der Waals surface area contributed by atoms with Gasteiger partial charge in [0.25, 0.3) is 0 Å². The van der Waals surface area contributed by atoms with E-state index in [2.05, 4.69) is 0 Å². The standard InChI is InChI=1S/2C5H5.2C4H9O.Zr/c2*1-2-4-5-3-1;2*1-2-3-4-5;/h2*1-5H;2*2-4H2,1H3;/q4*-1;+4. The van der Waals surface area contributed by atoms with Crippen LogP contribution in [0.15, 0.2) is 60.7 Å². The molecule has 0 bridgehead atoms. The molecule has 0 saturated carbocycles. The predicted octanol–water partition coefficient (Wildman–Crippen LogP) is 3.10. The van der Waals surface area contributed by atoms with E-state index in [-0.39, 0.29) is 39.4 Å². The Balaban J connectivity index is -0.000000202. The molecule has 0 amide bonds. The maximum Gasteiger partial charge on any atom is 4.00 e. The van der Waals surface area contributed by atoms with Crippen molar-refractivity contribution in [1.82, 2.24) is 0 Å². The van der Waals surface area contributed by atoms with E-state index in [1.165, 1.54) is 0 Å². The molecule has 0 aliphatic heterocycles. The van der Waals surface area contributed by atoms with E-state index < -0.39 is 0 Å². The van der Waals surface area contributed by atoms with Gasteiger partial charge in [-0.15, -0.1) is 13.2 Å². The molecule has 2 aromatic rings. The summed E-state index contributed by atoms with van der Waals surface area (Å²) < 4.78 is 0. The van der Waals surface area contributed by atoms with E-state index in [9.17, 15) is 10.2 Å². The summed E-state index contributed by atoms with van der Waals surface area (Å²) in [7, 11) is 0. The second kappa shape index (κ2) is 27.8. The predicted molar refractivity (Wildman–Crippen MR) is 83.6 cm³/mol. The molecule has 3 heteroatoms. The topological polar surface area (TPSA) is 46.1 Å². The van der Waals surface area contributed by atoms with Crippen LogP contribution in [-0.2, 0) is 26.2 Å². The molecule has 0 unspecified atom stereocenters. The Hall–Kier alpha value is -0.497. The van der Waals surface area contributed by atoms with Crippen LogP contribution in [0.4, 0.5) is 0 Å². The van der Waals surface area contributed by atoms with Crippen LogP contribution in [0.3, 0.4) is 0 Å². The summed E-state index contributed by atoms with van der Waals surface area (Å²) in [4.78, 5) is 0. The molecule has 116 valence electrons. The first-order valence-electron chi connectivity index (χ1n) is 7.32. The maximum absolute atomic E-state index is 9.53. The van der Waals surface area contributed by atoms with Gasteiger partial charge in [0.2, 0.25) is 0 Å². The largest absolute Gasteiger partial charge is 4.00 e. The SMILES string of the molecule is CCCC[O-].CCCC[O-].[Zr+4].c1cc[cH-]c1.c1cc[cH-]c1. The smallest absolute Gasteiger partial charge is 0.854 e. The molecule has 0 atom stereocenters. The van der Waals surface area contributed by atoms with Crippen molar-refractivity contribution in [3.05, 3.63) is 60.7 Å². The summed E-state index contributed by atoms with van der Waals surface area (Å²) >= 11 is 0. The van der Waals surface area contributed by atoms with Gasteiger partial charge in [-0.1, -0.05) is 39.5 Å². The van der Waals surface area contributed by atoms with Crippen LogP contribution < -0.4 is 10.2 Å². The van der Waals surface area contributed by atoms with E-state index >= 15 is 0 Å². The second-order valence-corrected chi connectivity index (χ2v) is 4.04. The van der Waals surface area contributed by atoms with Crippen molar-refractivity contribution in [2.45, 2.75) is 39.5 Å². The number of hydrogen-bond acceptors (Lipinski definition) is 2. The molecule has 21 heavy (non-hydrogen) atoms. The first-order chi connectivity index (χ1) is 9.83. The zero-order valence-corrected chi connectivity index (χ0v) is 15.8. The van der Waals surface area contributed by atoms with Gasteiger partial charge in [0.05, 0.1) is 0 Å². The van der Waals surface area contributed by atoms with Gasteiger partial charge in [-0.25, -0.2) is 24.3 Å². The molecule has 0 aliphatic rings. The van der Waals surface area contributed by atoms with E-state index in [0.717, 1.165) is 25.7 Å². The van der Waals surface area contributed by atoms with E-state index in [0.29, 0.717) is 0 Å². The summed E-state index contributed by atoms with van der Waals surface area (Å²) in [6, 6.07) is 20.0. The molecule has 0 aliphatic carbocycles. The fraction of sp³-hybridized carbons (Fsp3) is 0.444. The summed E-state index contributed by atoms with van der Waals surface area (Å²) in [6.45, 7) is 4.21. The van der Waals surface area contributed by atoms with Crippen LogP contribution in [0.25, 0.3) is 0 Å². The Kier molecular flexibility index (Phi) is 33.7. The van der Waals surface area contributed by atoms with Gasteiger partial charge < -0.3 is 10.2 Å². The molecule has 0 heterocycles. The zero-order chi connectivity index (χ0) is 15.3. The average Bonchev–Trinajstić information content (AvgIpc) is 3.20. The third-order valence-corrected chi connectivity index (χ3v) is 2.11. The van der Waals surface area contributed by atoms with Gasteiger partial charge in [0, 0.05) is 0 Å². The summed E-state index contributed by atoms with van der Waals surface area (Å²) in [5, 5.41) is 19.1. The van der Waals surface area contributed by atoms with Gasteiger partial charge >= 0.3 is 26.2 Å². The molecule has 2 nitrogen and oxygen atoms in total. The van der Waals surface area contributed by atoms with Gasteiger partial charge in [-0.2, -0.15) is 36.4 Å². The monoisotopic (exact) mass is 366 g/mol.